The number of rotatable bonds is 9. The largest absolute Gasteiger partial charge is 0.453 e. The third kappa shape index (κ3) is 10.1. The average molecular weight is 744 g/mol. The zero-order chi connectivity index (χ0) is 35.7. The molecule has 1 atom stereocenters. The van der Waals surface area contributed by atoms with Gasteiger partial charge in [0.2, 0.25) is 15.6 Å². The van der Waals surface area contributed by atoms with Crippen molar-refractivity contribution in [2.24, 2.45) is 11.1 Å². The van der Waals surface area contributed by atoms with Gasteiger partial charge < -0.3 is 19.6 Å². The molecule has 3 aliphatic rings. The molecule has 4 N–H and O–H groups in total. The molecule has 0 unspecified atom stereocenters. The van der Waals surface area contributed by atoms with Gasteiger partial charge in [0.1, 0.15) is 11.4 Å². The smallest absolute Gasteiger partial charge is 0.348 e. The maximum absolute atomic E-state index is 13.7. The van der Waals surface area contributed by atoms with Crippen molar-refractivity contribution in [2.75, 3.05) is 32.7 Å². The van der Waals surface area contributed by atoms with E-state index in [0.29, 0.717) is 35.2 Å². The van der Waals surface area contributed by atoms with Crippen LogP contribution in [0, 0.1) is 5.92 Å². The van der Waals surface area contributed by atoms with E-state index in [-0.39, 0.29) is 27.5 Å². The number of piperidine rings is 3. The van der Waals surface area contributed by atoms with Crippen molar-refractivity contribution in [3.05, 3.63) is 101 Å². The quantitative estimate of drug-likeness (QED) is 0.104. The summed E-state index contributed by atoms with van der Waals surface area (Å²) in [6.45, 7) is 3.33. The predicted octanol–water partition coefficient (Wildman–Crippen LogP) is 6.19. The Morgan fingerprint density at radius 1 is 0.938 bits per heavy atom. The van der Waals surface area contributed by atoms with Crippen molar-refractivity contribution in [3.8, 4) is 0 Å². The van der Waals surface area contributed by atoms with E-state index in [1.807, 2.05) is 12.1 Å². The van der Waals surface area contributed by atoms with Crippen molar-refractivity contribution in [1.29, 1.82) is 0 Å². The number of fused-ring (bicyclic) bond motifs is 3. The van der Waals surface area contributed by atoms with Crippen LogP contribution in [0.1, 0.15) is 34.3 Å². The first kappa shape index (κ1) is 37.5. The zero-order valence-corrected chi connectivity index (χ0v) is 27.6. The first-order valence-corrected chi connectivity index (χ1v) is 18.5. The third-order valence-electron chi connectivity index (χ3n) is 8.35. The Bertz CT molecular complexity index is 1710. The number of hydrogen-bond acceptors (Lipinski definition) is 6. The molecule has 3 aromatic carbocycles. The Labute approximate surface area is 277 Å². The molecule has 6 rings (SSSR count). The number of ether oxygens (including phenoxy) is 1. The molecule has 3 aliphatic heterocycles. The molecule has 18 heteroatoms. The first-order chi connectivity index (χ1) is 22.0. The van der Waals surface area contributed by atoms with Crippen molar-refractivity contribution < 1.29 is 57.5 Å². The summed E-state index contributed by atoms with van der Waals surface area (Å²) in [4.78, 5) is 26.2. The van der Waals surface area contributed by atoms with E-state index in [2.05, 4.69) is 5.32 Å². The average Bonchev–Trinajstić information content (AvgIpc) is 3.00. The Balaban J connectivity index is 0.000000671. The number of aliphatic hydroxyl groups is 1. The number of hydrogen-bond donors (Lipinski definition) is 3. The maximum Gasteiger partial charge on any atom is 0.348 e. The second kappa shape index (κ2) is 12.9. The van der Waals surface area contributed by atoms with Crippen LogP contribution >= 0.6 is 19.4 Å². The fraction of sp³-hybridized carbons (Fsp3) is 0.333. The van der Waals surface area contributed by atoms with E-state index >= 15 is 0 Å². The van der Waals surface area contributed by atoms with Gasteiger partial charge in [-0.05, 0) is 29.3 Å². The molecule has 2 bridgehead atoms. The standard InChI is InChI=1S/C30H32ClN3O6S.F6P/c31-25-12-11-22(19-27(25)41(32,38)39)28(35)33-15-18-34-16-13-21(14-17-34)26(20-34)40-29(36)30(37,23-7-3-1-4-8-23)24-9-5-2-6-10-24;1-7(2,3,4,5)6/h1-12,19,21,26,37H,13-18,20H2,(H2-,32,33,35,38,39);/q;-1/p+1/t21?,26-,34?;/m0./s1. The molecule has 3 aromatic rings. The van der Waals surface area contributed by atoms with Gasteiger partial charge in [0, 0.05) is 24.3 Å². The number of esters is 1. The van der Waals surface area contributed by atoms with E-state index in [9.17, 15) is 48.3 Å². The van der Waals surface area contributed by atoms with E-state index in [4.69, 9.17) is 21.5 Å². The Morgan fingerprint density at radius 2 is 1.44 bits per heavy atom. The molecule has 3 saturated heterocycles. The molecule has 0 aromatic heterocycles. The molecule has 1 amide bonds. The second-order valence-corrected chi connectivity index (χ2v) is 15.7. The summed E-state index contributed by atoms with van der Waals surface area (Å²) in [5.74, 6) is -0.932. The molecule has 9 nitrogen and oxygen atoms in total. The van der Waals surface area contributed by atoms with Crippen molar-refractivity contribution in [1.82, 2.24) is 5.32 Å². The first-order valence-electron chi connectivity index (χ1n) is 14.5. The van der Waals surface area contributed by atoms with Gasteiger partial charge in [-0.2, -0.15) is 0 Å². The molecular formula is C30H33ClF6N3O6PS. The summed E-state index contributed by atoms with van der Waals surface area (Å²) in [5, 5.41) is 19.8. The number of benzene rings is 3. The SMILES string of the molecule is F[P-](F)(F)(F)(F)F.NS(=O)(=O)c1cc(C(=O)NCC[N+]23CCC(CC2)[C@@H](OC(=O)C(O)(c2ccccc2)c2ccccc2)C3)ccc1Cl. The molecule has 48 heavy (non-hydrogen) atoms. The van der Waals surface area contributed by atoms with E-state index in [1.54, 1.807) is 48.5 Å². The minimum absolute atomic E-state index is 0.0504. The number of carbonyl (C=O) groups excluding carboxylic acids is 2. The summed E-state index contributed by atoms with van der Waals surface area (Å²) in [6.07, 6.45) is 1.37. The topological polar surface area (TPSA) is 136 Å². The van der Waals surface area contributed by atoms with Crippen LogP contribution in [0.2, 0.25) is 5.02 Å². The summed E-state index contributed by atoms with van der Waals surface area (Å²) < 4.78 is 89.5. The molecule has 0 spiro atoms. The number of quaternary nitrogens is 1. The summed E-state index contributed by atoms with van der Waals surface area (Å²) in [7, 11) is -14.7. The number of sulfonamides is 1. The van der Waals surface area contributed by atoms with Gasteiger partial charge in [-0.15, -0.1) is 0 Å². The van der Waals surface area contributed by atoms with Crippen LogP contribution in [0.3, 0.4) is 0 Å². The summed E-state index contributed by atoms with van der Waals surface area (Å²) in [6, 6.07) is 21.6. The van der Waals surface area contributed by atoms with Gasteiger partial charge in [0.05, 0.1) is 31.2 Å². The normalized spacial score (nSPS) is 22.4. The van der Waals surface area contributed by atoms with Crippen LogP contribution in [0.5, 0.6) is 0 Å². The monoisotopic (exact) mass is 743 g/mol. The van der Waals surface area contributed by atoms with Crippen molar-refractivity contribution in [2.45, 2.75) is 29.4 Å². The second-order valence-electron chi connectivity index (χ2n) is 11.8. The van der Waals surface area contributed by atoms with Crippen LogP contribution < -0.4 is 10.5 Å². The van der Waals surface area contributed by atoms with Gasteiger partial charge in [0.25, 0.3) is 5.91 Å². The number of nitrogens with two attached hydrogens (primary N) is 1. The van der Waals surface area contributed by atoms with Crippen LogP contribution in [0.15, 0.2) is 83.8 Å². The van der Waals surface area contributed by atoms with E-state index in [0.717, 1.165) is 25.9 Å². The summed E-state index contributed by atoms with van der Waals surface area (Å²) in [5.41, 5.74) is -0.917. The van der Waals surface area contributed by atoms with Crippen molar-refractivity contribution in [3.63, 3.8) is 0 Å². The number of primary sulfonamides is 1. The fourth-order valence-corrected chi connectivity index (χ4v) is 7.10. The Morgan fingerprint density at radius 3 is 1.92 bits per heavy atom. The van der Waals surface area contributed by atoms with Gasteiger partial charge >= 0.3 is 39.0 Å². The molecule has 0 radical (unpaired) electrons. The minimum Gasteiger partial charge on any atom is -0.453 e. The predicted molar refractivity (Wildman–Crippen MR) is 167 cm³/mol. The van der Waals surface area contributed by atoms with E-state index in [1.165, 1.54) is 18.2 Å². The number of halogens is 7. The summed E-state index contributed by atoms with van der Waals surface area (Å²) >= 11 is 5.94. The maximum atomic E-state index is 13.7. The van der Waals surface area contributed by atoms with Crippen LogP contribution in [0.4, 0.5) is 25.2 Å². The molecule has 264 valence electrons. The van der Waals surface area contributed by atoms with Gasteiger partial charge in [-0.3, -0.25) is 4.79 Å². The number of carbonyl (C=O) groups is 2. The Kier molecular flexibility index (Phi) is 10.1. The van der Waals surface area contributed by atoms with Gasteiger partial charge in [-0.1, -0.05) is 72.3 Å². The van der Waals surface area contributed by atoms with Crippen molar-refractivity contribution >= 4 is 41.3 Å². The van der Waals surface area contributed by atoms with Crippen LogP contribution in [-0.2, 0) is 25.2 Å². The van der Waals surface area contributed by atoms with Crippen LogP contribution in [0.25, 0.3) is 0 Å². The minimum atomic E-state index is -10.7. The number of nitrogens with one attached hydrogen (secondary N) is 1. The van der Waals surface area contributed by atoms with Gasteiger partial charge in [0.15, 0.2) is 6.10 Å². The third-order valence-corrected chi connectivity index (χ3v) is 9.74. The Hall–Kier alpha value is -3.27. The molecule has 3 fully saturated rings. The molecule has 0 saturated carbocycles. The zero-order valence-electron chi connectivity index (χ0n) is 25.1. The molecule has 3 heterocycles. The fourth-order valence-electron chi connectivity index (χ4n) is 6.02. The van der Waals surface area contributed by atoms with Crippen LogP contribution in [-0.4, -0.2) is 68.7 Å². The number of amides is 1. The molecular weight excluding hydrogens is 711 g/mol. The number of nitrogens with zero attached hydrogens (tertiary/aromatic N) is 1. The van der Waals surface area contributed by atoms with Gasteiger partial charge in [-0.25, -0.2) is 18.4 Å². The molecule has 0 aliphatic carbocycles. The van der Waals surface area contributed by atoms with E-state index < -0.39 is 35.3 Å².